The molecule has 0 saturated carbocycles. The zero-order valence-electron chi connectivity index (χ0n) is 16.8. The third-order valence-corrected chi connectivity index (χ3v) is 3.99. The molecule has 174 valence electrons. The van der Waals surface area contributed by atoms with Crippen molar-refractivity contribution in [1.82, 2.24) is 0 Å². The van der Waals surface area contributed by atoms with E-state index >= 15 is 0 Å². The number of ether oxygens (including phenoxy) is 1. The number of amides is 1. The first-order chi connectivity index (χ1) is 15.3. The van der Waals surface area contributed by atoms with Crippen molar-refractivity contribution in [3.8, 4) is 6.07 Å². The van der Waals surface area contributed by atoms with E-state index in [4.69, 9.17) is 10.00 Å². The van der Waals surface area contributed by atoms with Crippen molar-refractivity contribution in [2.75, 3.05) is 17.2 Å². The molecular formula is C21H15F6N3O3. The summed E-state index contributed by atoms with van der Waals surface area (Å²) in [5.41, 5.74) is -3.99. The number of alkyl halides is 6. The van der Waals surface area contributed by atoms with Crippen molar-refractivity contribution in [3.63, 3.8) is 0 Å². The Kier molecular flexibility index (Phi) is 7.71. The number of esters is 1. The Morgan fingerprint density at radius 2 is 1.52 bits per heavy atom. The first kappa shape index (κ1) is 25.3. The van der Waals surface area contributed by atoms with Gasteiger partial charge in [0.2, 0.25) is 0 Å². The van der Waals surface area contributed by atoms with Crippen LogP contribution in [0.15, 0.2) is 54.2 Å². The van der Waals surface area contributed by atoms with Gasteiger partial charge < -0.3 is 15.4 Å². The summed E-state index contributed by atoms with van der Waals surface area (Å²) in [5.74, 6) is -1.58. The Labute approximate surface area is 183 Å². The van der Waals surface area contributed by atoms with E-state index in [9.17, 15) is 35.9 Å². The largest absolute Gasteiger partial charge is 0.462 e. The van der Waals surface area contributed by atoms with Gasteiger partial charge in [0, 0.05) is 17.6 Å². The van der Waals surface area contributed by atoms with Crippen molar-refractivity contribution >= 4 is 23.3 Å². The highest BCUT2D eigenvalue weighted by molar-refractivity contribution is 6.06. The van der Waals surface area contributed by atoms with E-state index in [0.29, 0.717) is 18.3 Å². The molecule has 0 aliphatic carbocycles. The maximum Gasteiger partial charge on any atom is 0.416 e. The van der Waals surface area contributed by atoms with Crippen molar-refractivity contribution < 1.29 is 40.7 Å². The SMILES string of the molecule is CCOC(=O)c1ccc(NC(=O)/C(C#N)=C\Nc2cc(C(F)(F)F)cc(C(F)(F)F)c2)cc1. The van der Waals surface area contributed by atoms with Gasteiger partial charge in [-0.1, -0.05) is 0 Å². The highest BCUT2D eigenvalue weighted by Crippen LogP contribution is 2.37. The standard InChI is InChI=1S/C21H15F6N3O3/c1-2-33-19(32)12-3-5-16(6-4-12)30-18(31)13(10-28)11-29-17-8-14(20(22,23)24)7-15(9-17)21(25,26)27/h3-9,11,29H,2H2,1H3,(H,30,31)/b13-11-. The number of carbonyl (C=O) groups excluding carboxylic acids is 2. The van der Waals surface area contributed by atoms with Crippen LogP contribution in [-0.4, -0.2) is 18.5 Å². The van der Waals surface area contributed by atoms with E-state index in [1.54, 1.807) is 6.92 Å². The Morgan fingerprint density at radius 1 is 0.970 bits per heavy atom. The average Bonchev–Trinajstić information content (AvgIpc) is 2.73. The molecule has 33 heavy (non-hydrogen) atoms. The van der Waals surface area contributed by atoms with E-state index in [-0.39, 0.29) is 23.9 Å². The Balaban J connectivity index is 2.22. The first-order valence-corrected chi connectivity index (χ1v) is 9.10. The number of anilines is 2. The van der Waals surface area contributed by atoms with Crippen molar-refractivity contribution in [2.24, 2.45) is 0 Å². The van der Waals surface area contributed by atoms with E-state index in [2.05, 4.69) is 10.6 Å². The molecule has 0 atom stereocenters. The van der Waals surface area contributed by atoms with Crippen LogP contribution in [0.3, 0.4) is 0 Å². The smallest absolute Gasteiger partial charge is 0.416 e. The number of nitrogens with zero attached hydrogens (tertiary/aromatic N) is 1. The Hall–Kier alpha value is -4.01. The number of hydrogen-bond acceptors (Lipinski definition) is 5. The summed E-state index contributed by atoms with van der Waals surface area (Å²) in [4.78, 5) is 23.9. The number of hydrogen-bond donors (Lipinski definition) is 2. The molecule has 0 unspecified atom stereocenters. The summed E-state index contributed by atoms with van der Waals surface area (Å²) in [6.07, 6.45) is -9.42. The topological polar surface area (TPSA) is 91.2 Å². The van der Waals surface area contributed by atoms with Crippen LogP contribution in [0.25, 0.3) is 0 Å². The lowest BCUT2D eigenvalue weighted by Gasteiger charge is -2.14. The molecule has 0 bridgehead atoms. The van der Waals surface area contributed by atoms with Gasteiger partial charge in [-0.2, -0.15) is 31.6 Å². The Morgan fingerprint density at radius 3 is 1.97 bits per heavy atom. The second-order valence-corrected chi connectivity index (χ2v) is 6.36. The number of carbonyl (C=O) groups is 2. The second-order valence-electron chi connectivity index (χ2n) is 6.36. The van der Waals surface area contributed by atoms with Gasteiger partial charge in [-0.25, -0.2) is 4.79 Å². The molecule has 0 heterocycles. The van der Waals surface area contributed by atoms with Crippen molar-refractivity contribution in [2.45, 2.75) is 19.3 Å². The van der Waals surface area contributed by atoms with Gasteiger partial charge in [0.1, 0.15) is 11.6 Å². The molecular weight excluding hydrogens is 456 g/mol. The van der Waals surface area contributed by atoms with E-state index in [0.717, 1.165) is 0 Å². The van der Waals surface area contributed by atoms with Crippen LogP contribution in [0.1, 0.15) is 28.4 Å². The average molecular weight is 471 g/mol. The van der Waals surface area contributed by atoms with Crippen LogP contribution < -0.4 is 10.6 Å². The number of nitriles is 1. The minimum Gasteiger partial charge on any atom is -0.462 e. The molecule has 2 N–H and O–H groups in total. The van der Waals surface area contributed by atoms with Crippen molar-refractivity contribution in [3.05, 3.63) is 70.9 Å². The predicted molar refractivity (Wildman–Crippen MR) is 105 cm³/mol. The van der Waals surface area contributed by atoms with Gasteiger partial charge in [-0.05, 0) is 49.4 Å². The predicted octanol–water partition coefficient (Wildman–Crippen LogP) is 5.36. The summed E-state index contributed by atoms with van der Waals surface area (Å²) in [6, 6.07) is 7.65. The highest BCUT2D eigenvalue weighted by atomic mass is 19.4. The van der Waals surface area contributed by atoms with Crippen LogP contribution in [0, 0.1) is 11.3 Å². The molecule has 2 aromatic carbocycles. The lowest BCUT2D eigenvalue weighted by Crippen LogP contribution is -2.15. The minimum atomic E-state index is -5.05. The van der Waals surface area contributed by atoms with Gasteiger partial charge >= 0.3 is 18.3 Å². The van der Waals surface area contributed by atoms with Gasteiger partial charge in [0.25, 0.3) is 5.91 Å². The van der Waals surface area contributed by atoms with Crippen LogP contribution in [0.5, 0.6) is 0 Å². The Bertz CT molecular complexity index is 1070. The summed E-state index contributed by atoms with van der Waals surface area (Å²) in [6.45, 7) is 1.79. The van der Waals surface area contributed by atoms with Gasteiger partial charge in [0.05, 0.1) is 23.3 Å². The molecule has 0 spiro atoms. The van der Waals surface area contributed by atoms with E-state index in [1.165, 1.54) is 30.3 Å². The normalized spacial score (nSPS) is 12.0. The molecule has 0 aliphatic rings. The fourth-order valence-electron chi connectivity index (χ4n) is 2.44. The van der Waals surface area contributed by atoms with Crippen LogP contribution in [-0.2, 0) is 21.9 Å². The highest BCUT2D eigenvalue weighted by Gasteiger charge is 2.36. The number of benzene rings is 2. The summed E-state index contributed by atoms with van der Waals surface area (Å²) in [5, 5.41) is 13.6. The minimum absolute atomic E-state index is 0.0488. The number of nitrogens with one attached hydrogen (secondary N) is 2. The molecule has 6 nitrogen and oxygen atoms in total. The van der Waals surface area contributed by atoms with Gasteiger partial charge in [-0.3, -0.25) is 4.79 Å². The molecule has 2 rings (SSSR count). The molecule has 2 aromatic rings. The maximum absolute atomic E-state index is 12.9. The van der Waals surface area contributed by atoms with Crippen LogP contribution >= 0.6 is 0 Å². The molecule has 0 saturated heterocycles. The third-order valence-electron chi connectivity index (χ3n) is 3.99. The fourth-order valence-corrected chi connectivity index (χ4v) is 2.44. The van der Waals surface area contributed by atoms with Crippen LogP contribution in [0.2, 0.25) is 0 Å². The fraction of sp³-hybridized carbons (Fsp3) is 0.190. The van der Waals surface area contributed by atoms with Crippen molar-refractivity contribution in [1.29, 1.82) is 5.26 Å². The molecule has 0 fully saturated rings. The zero-order chi connectivity index (χ0) is 24.8. The zero-order valence-corrected chi connectivity index (χ0v) is 16.8. The van der Waals surface area contributed by atoms with Crippen LogP contribution in [0.4, 0.5) is 37.7 Å². The van der Waals surface area contributed by atoms with Gasteiger partial charge in [-0.15, -0.1) is 0 Å². The van der Waals surface area contributed by atoms with E-state index in [1.807, 2.05) is 0 Å². The lowest BCUT2D eigenvalue weighted by molar-refractivity contribution is -0.143. The number of halogens is 6. The second kappa shape index (κ2) is 10.1. The molecule has 0 aromatic heterocycles. The third kappa shape index (κ3) is 6.99. The van der Waals surface area contributed by atoms with E-state index < -0.39 is 46.6 Å². The molecule has 12 heteroatoms. The quantitative estimate of drug-likeness (QED) is 0.256. The summed E-state index contributed by atoms with van der Waals surface area (Å²) >= 11 is 0. The molecule has 1 amide bonds. The molecule has 0 radical (unpaired) electrons. The maximum atomic E-state index is 12.9. The monoisotopic (exact) mass is 471 g/mol. The molecule has 0 aliphatic heterocycles. The first-order valence-electron chi connectivity index (χ1n) is 9.10. The summed E-state index contributed by atoms with van der Waals surface area (Å²) < 4.78 is 82.4. The summed E-state index contributed by atoms with van der Waals surface area (Å²) in [7, 11) is 0. The number of rotatable bonds is 6. The lowest BCUT2D eigenvalue weighted by atomic mass is 10.1. The van der Waals surface area contributed by atoms with Gasteiger partial charge in [0.15, 0.2) is 0 Å².